The number of carbonyl (C=O) groups is 2. The molecule has 0 aromatic heterocycles. The smallest absolute Gasteiger partial charge is 0.294 e. The maximum absolute atomic E-state index is 11.9. The molecule has 0 aliphatic carbocycles. The van der Waals surface area contributed by atoms with Crippen molar-refractivity contribution < 1.29 is 9.59 Å². The summed E-state index contributed by atoms with van der Waals surface area (Å²) in [4.78, 5) is 25.8. The number of anilines is 1. The van der Waals surface area contributed by atoms with Crippen LogP contribution in [0.25, 0.3) is 0 Å². The highest BCUT2D eigenvalue weighted by molar-refractivity contribution is 7.98. The number of carbonyl (C=O) groups excluding carboxylic acids is 2. The Kier molecular flexibility index (Phi) is 4.44. The van der Waals surface area contributed by atoms with Crippen LogP contribution in [0.3, 0.4) is 0 Å². The fourth-order valence-electron chi connectivity index (χ4n) is 2.29. The Bertz CT molecular complexity index is 688. The second-order valence-corrected chi connectivity index (χ2v) is 6.08. The molecule has 5 heteroatoms. The summed E-state index contributed by atoms with van der Waals surface area (Å²) in [7, 11) is 0. The van der Waals surface area contributed by atoms with Gasteiger partial charge in [0.25, 0.3) is 0 Å². The number of thioether (sulfide) groups is 1. The SMILES string of the molecule is O=C1CCN(c2cccc(SCc3ccccc3)c2)C(=O)N1. The van der Waals surface area contributed by atoms with Gasteiger partial charge < -0.3 is 0 Å². The lowest BCUT2D eigenvalue weighted by atomic mass is 10.2. The first-order chi connectivity index (χ1) is 10.7. The van der Waals surface area contributed by atoms with Crippen LogP contribution in [-0.2, 0) is 10.5 Å². The lowest BCUT2D eigenvalue weighted by molar-refractivity contribution is -0.120. The summed E-state index contributed by atoms with van der Waals surface area (Å²) in [5, 5.41) is 2.35. The van der Waals surface area contributed by atoms with E-state index in [1.807, 2.05) is 42.5 Å². The van der Waals surface area contributed by atoms with E-state index in [0.29, 0.717) is 13.0 Å². The Labute approximate surface area is 133 Å². The molecule has 0 spiro atoms. The third kappa shape index (κ3) is 3.49. The molecule has 4 nitrogen and oxygen atoms in total. The van der Waals surface area contributed by atoms with E-state index in [-0.39, 0.29) is 11.9 Å². The highest BCUT2D eigenvalue weighted by Crippen LogP contribution is 2.27. The molecular formula is C17H16N2O2S. The van der Waals surface area contributed by atoms with Gasteiger partial charge in [0, 0.05) is 29.3 Å². The number of imide groups is 1. The second kappa shape index (κ2) is 6.66. The number of nitrogens with one attached hydrogen (secondary N) is 1. The minimum Gasteiger partial charge on any atom is -0.294 e. The molecular weight excluding hydrogens is 296 g/mol. The Morgan fingerprint density at radius 1 is 1.05 bits per heavy atom. The standard InChI is InChI=1S/C17H16N2O2S/c20-16-9-10-19(17(21)18-16)14-7-4-8-15(11-14)22-12-13-5-2-1-3-6-13/h1-8,11H,9-10,12H2,(H,18,20,21). The van der Waals surface area contributed by atoms with E-state index in [0.717, 1.165) is 16.3 Å². The summed E-state index contributed by atoms with van der Waals surface area (Å²) < 4.78 is 0. The largest absolute Gasteiger partial charge is 0.328 e. The van der Waals surface area contributed by atoms with Gasteiger partial charge in [-0.2, -0.15) is 0 Å². The molecule has 2 aromatic carbocycles. The van der Waals surface area contributed by atoms with Crippen molar-refractivity contribution in [3.63, 3.8) is 0 Å². The van der Waals surface area contributed by atoms with Gasteiger partial charge >= 0.3 is 6.03 Å². The van der Waals surface area contributed by atoms with Crippen LogP contribution in [-0.4, -0.2) is 18.5 Å². The third-order valence-electron chi connectivity index (χ3n) is 3.43. The fourth-order valence-corrected chi connectivity index (χ4v) is 3.20. The van der Waals surface area contributed by atoms with Gasteiger partial charge in [-0.3, -0.25) is 15.0 Å². The third-order valence-corrected chi connectivity index (χ3v) is 4.50. The number of benzene rings is 2. The van der Waals surface area contributed by atoms with Gasteiger partial charge in [-0.1, -0.05) is 36.4 Å². The predicted octanol–water partition coefficient (Wildman–Crippen LogP) is 3.43. The minimum atomic E-state index is -0.346. The molecule has 1 aliphatic rings. The molecule has 3 amide bonds. The summed E-state index contributed by atoms with van der Waals surface area (Å²) in [5.41, 5.74) is 2.09. The maximum Gasteiger partial charge on any atom is 0.328 e. The van der Waals surface area contributed by atoms with Crippen molar-refractivity contribution in [1.29, 1.82) is 0 Å². The van der Waals surface area contributed by atoms with Gasteiger partial charge in [-0.15, -0.1) is 11.8 Å². The van der Waals surface area contributed by atoms with E-state index >= 15 is 0 Å². The van der Waals surface area contributed by atoms with Gasteiger partial charge in [-0.05, 0) is 23.8 Å². The van der Waals surface area contributed by atoms with E-state index in [1.54, 1.807) is 16.7 Å². The van der Waals surface area contributed by atoms with E-state index in [4.69, 9.17) is 0 Å². The van der Waals surface area contributed by atoms with E-state index < -0.39 is 0 Å². The maximum atomic E-state index is 11.9. The monoisotopic (exact) mass is 312 g/mol. The van der Waals surface area contributed by atoms with Gasteiger partial charge in [0.05, 0.1) is 0 Å². The topological polar surface area (TPSA) is 49.4 Å². The van der Waals surface area contributed by atoms with Gasteiger partial charge in [0.2, 0.25) is 5.91 Å². The molecule has 0 radical (unpaired) electrons. The average molecular weight is 312 g/mol. The zero-order valence-corrected chi connectivity index (χ0v) is 12.8. The van der Waals surface area contributed by atoms with Crippen molar-refractivity contribution in [2.24, 2.45) is 0 Å². The van der Waals surface area contributed by atoms with Crippen molar-refractivity contribution in [2.75, 3.05) is 11.4 Å². The highest BCUT2D eigenvalue weighted by atomic mass is 32.2. The fraction of sp³-hybridized carbons (Fsp3) is 0.176. The molecule has 1 fully saturated rings. The quantitative estimate of drug-likeness (QED) is 0.880. The van der Waals surface area contributed by atoms with Crippen molar-refractivity contribution in [1.82, 2.24) is 5.32 Å². The lowest BCUT2D eigenvalue weighted by Gasteiger charge is -2.26. The number of nitrogens with zero attached hydrogens (tertiary/aromatic N) is 1. The number of hydrogen-bond acceptors (Lipinski definition) is 3. The first-order valence-electron chi connectivity index (χ1n) is 7.10. The zero-order valence-electron chi connectivity index (χ0n) is 12.0. The highest BCUT2D eigenvalue weighted by Gasteiger charge is 2.24. The molecule has 1 saturated heterocycles. The van der Waals surface area contributed by atoms with Crippen molar-refractivity contribution in [3.05, 3.63) is 60.2 Å². The number of urea groups is 1. The van der Waals surface area contributed by atoms with Crippen LogP contribution in [0, 0.1) is 0 Å². The minimum absolute atomic E-state index is 0.212. The predicted molar refractivity (Wildman–Crippen MR) is 87.9 cm³/mol. The summed E-state index contributed by atoms with van der Waals surface area (Å²) in [6.07, 6.45) is 0.340. The molecule has 1 N–H and O–H groups in total. The summed E-state index contributed by atoms with van der Waals surface area (Å²) in [6, 6.07) is 17.8. The molecule has 3 rings (SSSR count). The van der Waals surface area contributed by atoms with Gasteiger partial charge in [-0.25, -0.2) is 4.79 Å². The van der Waals surface area contributed by atoms with E-state index in [1.165, 1.54) is 5.56 Å². The number of rotatable bonds is 4. The average Bonchev–Trinajstić information content (AvgIpc) is 2.54. The molecule has 0 saturated carbocycles. The molecule has 2 aromatic rings. The van der Waals surface area contributed by atoms with Crippen LogP contribution in [0.15, 0.2) is 59.5 Å². The Morgan fingerprint density at radius 2 is 1.86 bits per heavy atom. The molecule has 0 atom stereocenters. The Morgan fingerprint density at radius 3 is 2.64 bits per heavy atom. The van der Waals surface area contributed by atoms with Crippen LogP contribution < -0.4 is 10.2 Å². The zero-order chi connectivity index (χ0) is 15.4. The molecule has 22 heavy (non-hydrogen) atoms. The van der Waals surface area contributed by atoms with Gasteiger partial charge in [0.1, 0.15) is 0 Å². The van der Waals surface area contributed by atoms with Crippen LogP contribution in [0.1, 0.15) is 12.0 Å². The van der Waals surface area contributed by atoms with E-state index in [2.05, 4.69) is 17.4 Å². The van der Waals surface area contributed by atoms with Crippen LogP contribution in [0.2, 0.25) is 0 Å². The summed E-state index contributed by atoms with van der Waals surface area (Å²) >= 11 is 1.73. The van der Waals surface area contributed by atoms with Crippen molar-refractivity contribution >= 4 is 29.4 Å². The Balaban J connectivity index is 1.70. The second-order valence-electron chi connectivity index (χ2n) is 5.03. The summed E-state index contributed by atoms with van der Waals surface area (Å²) in [5.74, 6) is 0.672. The van der Waals surface area contributed by atoms with Gasteiger partial charge in [0.15, 0.2) is 0 Å². The van der Waals surface area contributed by atoms with E-state index in [9.17, 15) is 9.59 Å². The molecule has 0 unspecified atom stereocenters. The lowest BCUT2D eigenvalue weighted by Crippen LogP contribution is -2.49. The molecule has 112 valence electrons. The molecule has 1 heterocycles. The van der Waals surface area contributed by atoms with Crippen LogP contribution in [0.4, 0.5) is 10.5 Å². The van der Waals surface area contributed by atoms with Crippen LogP contribution >= 0.6 is 11.8 Å². The molecule has 1 aliphatic heterocycles. The first-order valence-corrected chi connectivity index (χ1v) is 8.09. The molecule has 0 bridgehead atoms. The van der Waals surface area contributed by atoms with Crippen molar-refractivity contribution in [2.45, 2.75) is 17.1 Å². The van der Waals surface area contributed by atoms with Crippen molar-refractivity contribution in [3.8, 4) is 0 Å². The normalized spacial score (nSPS) is 14.8. The van der Waals surface area contributed by atoms with Crippen LogP contribution in [0.5, 0.6) is 0 Å². The summed E-state index contributed by atoms with van der Waals surface area (Å²) in [6.45, 7) is 0.428. The Hall–Kier alpha value is -2.27. The number of hydrogen-bond donors (Lipinski definition) is 1. The number of amides is 3. The first kappa shape index (κ1) is 14.7.